The summed E-state index contributed by atoms with van der Waals surface area (Å²) in [6, 6.07) is 2.76. The van der Waals surface area contributed by atoms with E-state index in [0.717, 1.165) is 0 Å². The number of rotatable bonds is 2. The van der Waals surface area contributed by atoms with Crippen LogP contribution in [0.3, 0.4) is 0 Å². The van der Waals surface area contributed by atoms with E-state index in [0.29, 0.717) is 16.8 Å². The molecule has 0 atom stereocenters. The van der Waals surface area contributed by atoms with Crippen molar-refractivity contribution in [3.8, 4) is 0 Å². The molecule has 0 saturated carbocycles. The number of aryl methyl sites for hydroxylation is 2. The maximum Gasteiger partial charge on any atom is 0.270 e. The minimum Gasteiger partial charge on any atom is -0.258 e. The van der Waals surface area contributed by atoms with Crippen molar-refractivity contribution in [1.82, 2.24) is 0 Å². The molecule has 1 aromatic rings. The second kappa shape index (κ2) is 3.81. The van der Waals surface area contributed by atoms with E-state index in [4.69, 9.17) is 0 Å². The van der Waals surface area contributed by atoms with Crippen molar-refractivity contribution < 1.29 is 9.72 Å². The largest absolute Gasteiger partial charge is 0.270 e. The van der Waals surface area contributed by atoms with E-state index in [1.54, 1.807) is 13.8 Å². The lowest BCUT2D eigenvalue weighted by molar-refractivity contribution is -0.384. The SMILES string of the molecule is Cc1cc([N+](=O)[O-])cc(C)c1N=C=O. The highest BCUT2D eigenvalue weighted by atomic mass is 16.6. The van der Waals surface area contributed by atoms with Crippen LogP contribution in [0.25, 0.3) is 0 Å². The van der Waals surface area contributed by atoms with Crippen molar-refractivity contribution in [2.45, 2.75) is 13.8 Å². The number of nitro benzene ring substituents is 1. The second-order valence-corrected chi connectivity index (χ2v) is 2.89. The average molecular weight is 192 g/mol. The zero-order valence-corrected chi connectivity index (χ0v) is 7.77. The Hall–Kier alpha value is -2.00. The van der Waals surface area contributed by atoms with Crippen LogP contribution >= 0.6 is 0 Å². The molecule has 5 heteroatoms. The van der Waals surface area contributed by atoms with Crippen molar-refractivity contribution in [2.75, 3.05) is 0 Å². The summed E-state index contributed by atoms with van der Waals surface area (Å²) in [7, 11) is 0. The number of aliphatic imine (C=N–C) groups is 1. The first-order chi connectivity index (χ1) is 6.56. The standard InChI is InChI=1S/C9H8N2O3/c1-6-3-8(11(13)14)4-7(2)9(6)10-5-12/h3-4H,1-2H3. The lowest BCUT2D eigenvalue weighted by Crippen LogP contribution is -1.90. The van der Waals surface area contributed by atoms with Crippen LogP contribution in [-0.2, 0) is 4.79 Å². The molecular formula is C9H8N2O3. The highest BCUT2D eigenvalue weighted by molar-refractivity contribution is 5.61. The molecule has 0 fully saturated rings. The van der Waals surface area contributed by atoms with Gasteiger partial charge in [-0.15, -0.1) is 0 Å². The highest BCUT2D eigenvalue weighted by Gasteiger charge is 2.10. The third-order valence-corrected chi connectivity index (χ3v) is 1.84. The van der Waals surface area contributed by atoms with Gasteiger partial charge in [-0.3, -0.25) is 10.1 Å². The first-order valence-electron chi connectivity index (χ1n) is 3.89. The number of hydrogen-bond donors (Lipinski definition) is 0. The Bertz CT molecular complexity index is 411. The van der Waals surface area contributed by atoms with Crippen LogP contribution in [0, 0.1) is 24.0 Å². The van der Waals surface area contributed by atoms with Crippen molar-refractivity contribution >= 4 is 17.5 Å². The molecular weight excluding hydrogens is 184 g/mol. The third-order valence-electron chi connectivity index (χ3n) is 1.84. The summed E-state index contributed by atoms with van der Waals surface area (Å²) in [6.07, 6.45) is 1.42. The Kier molecular flexibility index (Phi) is 2.74. The number of non-ortho nitro benzene ring substituents is 1. The quantitative estimate of drug-likeness (QED) is 0.312. The third kappa shape index (κ3) is 1.84. The van der Waals surface area contributed by atoms with E-state index < -0.39 is 4.92 Å². The fraction of sp³-hybridized carbons (Fsp3) is 0.222. The van der Waals surface area contributed by atoms with Gasteiger partial charge in [0.05, 0.1) is 10.6 Å². The second-order valence-electron chi connectivity index (χ2n) is 2.89. The van der Waals surface area contributed by atoms with Gasteiger partial charge in [0.15, 0.2) is 0 Å². The van der Waals surface area contributed by atoms with Gasteiger partial charge in [0, 0.05) is 12.1 Å². The summed E-state index contributed by atoms with van der Waals surface area (Å²) in [6.45, 7) is 3.33. The number of nitrogens with zero attached hydrogens (tertiary/aromatic N) is 2. The van der Waals surface area contributed by atoms with E-state index >= 15 is 0 Å². The van der Waals surface area contributed by atoms with Crippen molar-refractivity contribution in [2.24, 2.45) is 4.99 Å². The van der Waals surface area contributed by atoms with Crippen LogP contribution in [0.15, 0.2) is 17.1 Å². The molecule has 0 heterocycles. The molecule has 1 rings (SSSR count). The van der Waals surface area contributed by atoms with E-state index in [-0.39, 0.29) is 5.69 Å². The number of isocyanates is 1. The predicted octanol–water partition coefficient (Wildman–Crippen LogP) is 2.18. The Labute approximate surface area is 80.2 Å². The van der Waals surface area contributed by atoms with Crippen LogP contribution < -0.4 is 0 Å². The molecule has 14 heavy (non-hydrogen) atoms. The van der Waals surface area contributed by atoms with Gasteiger partial charge >= 0.3 is 0 Å². The number of nitro groups is 1. The molecule has 0 aliphatic heterocycles. The van der Waals surface area contributed by atoms with E-state index in [2.05, 4.69) is 4.99 Å². The fourth-order valence-electron chi connectivity index (χ4n) is 1.26. The monoisotopic (exact) mass is 192 g/mol. The van der Waals surface area contributed by atoms with Crippen LogP contribution in [0.5, 0.6) is 0 Å². The molecule has 0 aromatic heterocycles. The van der Waals surface area contributed by atoms with Crippen LogP contribution in [0.2, 0.25) is 0 Å². The molecule has 0 amide bonds. The minimum atomic E-state index is -0.478. The molecule has 0 bridgehead atoms. The van der Waals surface area contributed by atoms with Gasteiger partial charge in [-0.25, -0.2) is 4.79 Å². The molecule has 0 aliphatic carbocycles. The average Bonchev–Trinajstić information content (AvgIpc) is 2.10. The van der Waals surface area contributed by atoms with Gasteiger partial charge in [0.25, 0.3) is 5.69 Å². The zero-order chi connectivity index (χ0) is 10.7. The molecule has 5 nitrogen and oxygen atoms in total. The summed E-state index contributed by atoms with van der Waals surface area (Å²) < 4.78 is 0. The molecule has 0 unspecified atom stereocenters. The van der Waals surface area contributed by atoms with Gasteiger partial charge in [-0.1, -0.05) is 0 Å². The van der Waals surface area contributed by atoms with Gasteiger partial charge in [-0.05, 0) is 25.0 Å². The Morgan fingerprint density at radius 3 is 2.21 bits per heavy atom. The topological polar surface area (TPSA) is 72.6 Å². The molecule has 0 saturated heterocycles. The van der Waals surface area contributed by atoms with Crippen molar-refractivity contribution in [1.29, 1.82) is 0 Å². The van der Waals surface area contributed by atoms with Gasteiger partial charge in [0.2, 0.25) is 6.08 Å². The first kappa shape index (κ1) is 10.1. The minimum absolute atomic E-state index is 0.00449. The van der Waals surface area contributed by atoms with Crippen LogP contribution in [0.4, 0.5) is 11.4 Å². The summed E-state index contributed by atoms with van der Waals surface area (Å²) in [5.41, 5.74) is 1.65. The van der Waals surface area contributed by atoms with E-state index in [9.17, 15) is 14.9 Å². The van der Waals surface area contributed by atoms with Crippen molar-refractivity contribution in [3.63, 3.8) is 0 Å². The summed E-state index contributed by atoms with van der Waals surface area (Å²) >= 11 is 0. The van der Waals surface area contributed by atoms with E-state index in [1.165, 1.54) is 18.2 Å². The lowest BCUT2D eigenvalue weighted by atomic mass is 10.1. The highest BCUT2D eigenvalue weighted by Crippen LogP contribution is 2.27. The molecule has 0 aliphatic rings. The predicted molar refractivity (Wildman–Crippen MR) is 50.4 cm³/mol. The lowest BCUT2D eigenvalue weighted by Gasteiger charge is -2.02. The molecule has 72 valence electrons. The summed E-state index contributed by atoms with van der Waals surface area (Å²) in [4.78, 5) is 23.5. The fourth-order valence-corrected chi connectivity index (χ4v) is 1.26. The van der Waals surface area contributed by atoms with Crippen LogP contribution in [-0.4, -0.2) is 11.0 Å². The Morgan fingerprint density at radius 1 is 1.36 bits per heavy atom. The Morgan fingerprint density at radius 2 is 1.86 bits per heavy atom. The molecule has 1 aromatic carbocycles. The molecule has 0 N–H and O–H groups in total. The first-order valence-corrected chi connectivity index (χ1v) is 3.89. The zero-order valence-electron chi connectivity index (χ0n) is 7.77. The summed E-state index contributed by atoms with van der Waals surface area (Å²) in [5, 5.41) is 10.5. The van der Waals surface area contributed by atoms with E-state index in [1.807, 2.05) is 0 Å². The Balaban J connectivity index is 3.39. The molecule has 0 spiro atoms. The summed E-state index contributed by atoms with van der Waals surface area (Å²) in [5.74, 6) is 0. The number of hydrogen-bond acceptors (Lipinski definition) is 4. The van der Waals surface area contributed by atoms with Crippen LogP contribution in [0.1, 0.15) is 11.1 Å². The van der Waals surface area contributed by atoms with Gasteiger partial charge in [0.1, 0.15) is 0 Å². The maximum atomic E-state index is 10.5. The number of benzene rings is 1. The molecule has 0 radical (unpaired) electrons. The smallest absolute Gasteiger partial charge is 0.258 e. The maximum absolute atomic E-state index is 10.5. The van der Waals surface area contributed by atoms with Crippen molar-refractivity contribution in [3.05, 3.63) is 33.4 Å². The van der Waals surface area contributed by atoms with Gasteiger partial charge < -0.3 is 0 Å². The van der Waals surface area contributed by atoms with Gasteiger partial charge in [-0.2, -0.15) is 4.99 Å². The normalized spacial score (nSPS) is 9.29. The number of carbonyl (C=O) groups excluding carboxylic acids is 1.